The number of rotatable bonds is 9. The monoisotopic (exact) mass is 265 g/mol. The van der Waals surface area contributed by atoms with Crippen molar-refractivity contribution in [2.24, 2.45) is 5.92 Å². The van der Waals surface area contributed by atoms with Gasteiger partial charge in [-0.2, -0.15) is 0 Å². The van der Waals surface area contributed by atoms with Crippen LogP contribution in [-0.2, 0) is 0 Å². The molecule has 1 nitrogen and oxygen atoms in total. The predicted molar refractivity (Wildman–Crippen MR) is 81.1 cm³/mol. The molecule has 1 aromatic rings. The van der Waals surface area contributed by atoms with Gasteiger partial charge < -0.3 is 5.32 Å². The van der Waals surface area contributed by atoms with Gasteiger partial charge in [0.2, 0.25) is 0 Å². The van der Waals surface area contributed by atoms with E-state index in [0.717, 1.165) is 5.92 Å². The van der Waals surface area contributed by atoms with Crippen LogP contribution in [0.2, 0.25) is 0 Å². The average molecular weight is 265 g/mol. The first-order valence-electron chi connectivity index (χ1n) is 7.60. The van der Waals surface area contributed by atoms with Crippen molar-refractivity contribution in [2.75, 3.05) is 0 Å². The van der Waals surface area contributed by atoms with Gasteiger partial charge in [0, 0.05) is 17.0 Å². The molecular weight excluding hydrogens is 238 g/mol. The maximum atomic E-state index is 3.87. The van der Waals surface area contributed by atoms with E-state index in [2.05, 4.69) is 36.7 Å². The summed E-state index contributed by atoms with van der Waals surface area (Å²) < 4.78 is 0. The van der Waals surface area contributed by atoms with Gasteiger partial charge in [0.1, 0.15) is 0 Å². The molecule has 2 heteroatoms. The second-order valence-corrected chi connectivity index (χ2v) is 6.73. The summed E-state index contributed by atoms with van der Waals surface area (Å²) in [6, 6.07) is 5.77. The Morgan fingerprint density at radius 3 is 2.78 bits per heavy atom. The van der Waals surface area contributed by atoms with Crippen LogP contribution in [0.25, 0.3) is 0 Å². The highest BCUT2D eigenvalue weighted by Gasteiger charge is 2.33. The van der Waals surface area contributed by atoms with Crippen LogP contribution in [0.5, 0.6) is 0 Å². The lowest BCUT2D eigenvalue weighted by atomic mass is 10.1. The Morgan fingerprint density at radius 2 is 2.17 bits per heavy atom. The summed E-state index contributed by atoms with van der Waals surface area (Å²) in [7, 11) is 0. The molecule has 1 aliphatic rings. The summed E-state index contributed by atoms with van der Waals surface area (Å²) in [6.07, 6.45) is 9.66. The molecule has 1 heterocycles. The van der Waals surface area contributed by atoms with Gasteiger partial charge in [-0.1, -0.05) is 38.7 Å². The fourth-order valence-corrected chi connectivity index (χ4v) is 3.49. The molecule has 1 aliphatic carbocycles. The predicted octanol–water partition coefficient (Wildman–Crippen LogP) is 5.15. The molecule has 0 amide bonds. The highest BCUT2D eigenvalue weighted by Crippen LogP contribution is 2.42. The first kappa shape index (κ1) is 14.1. The summed E-state index contributed by atoms with van der Waals surface area (Å²) in [6.45, 7) is 4.64. The lowest BCUT2D eigenvalue weighted by molar-refractivity contribution is 0.397. The zero-order chi connectivity index (χ0) is 12.8. The van der Waals surface area contributed by atoms with Crippen LogP contribution in [0, 0.1) is 5.92 Å². The van der Waals surface area contributed by atoms with E-state index in [-0.39, 0.29) is 0 Å². The highest BCUT2D eigenvalue weighted by molar-refractivity contribution is 7.10. The van der Waals surface area contributed by atoms with Gasteiger partial charge in [-0.3, -0.25) is 0 Å². The standard InChI is InChI=1S/C16H27NS/c1-3-4-5-6-8-13(2)17-16(14-10-11-14)15-9-7-12-18-15/h7,9,12-14,16-17H,3-6,8,10-11H2,1-2H3. The molecule has 1 aromatic heterocycles. The minimum Gasteiger partial charge on any atom is -0.306 e. The Labute approximate surface area is 116 Å². The molecular formula is C16H27NS. The van der Waals surface area contributed by atoms with Crippen molar-refractivity contribution in [1.29, 1.82) is 0 Å². The molecule has 0 spiro atoms. The minimum absolute atomic E-state index is 0.631. The second-order valence-electron chi connectivity index (χ2n) is 5.75. The molecule has 18 heavy (non-hydrogen) atoms. The third-order valence-corrected chi connectivity index (χ3v) is 4.85. The van der Waals surface area contributed by atoms with E-state index >= 15 is 0 Å². The van der Waals surface area contributed by atoms with Crippen LogP contribution in [0.3, 0.4) is 0 Å². The van der Waals surface area contributed by atoms with E-state index in [1.165, 1.54) is 49.8 Å². The quantitative estimate of drug-likeness (QED) is 0.609. The molecule has 0 saturated heterocycles. The van der Waals surface area contributed by atoms with E-state index in [9.17, 15) is 0 Å². The van der Waals surface area contributed by atoms with Gasteiger partial charge in [-0.15, -0.1) is 11.3 Å². The van der Waals surface area contributed by atoms with Crippen molar-refractivity contribution in [1.82, 2.24) is 5.32 Å². The Balaban J connectivity index is 1.75. The van der Waals surface area contributed by atoms with Gasteiger partial charge in [0.25, 0.3) is 0 Å². The number of hydrogen-bond acceptors (Lipinski definition) is 2. The van der Waals surface area contributed by atoms with E-state index in [0.29, 0.717) is 12.1 Å². The molecule has 2 rings (SSSR count). The van der Waals surface area contributed by atoms with E-state index < -0.39 is 0 Å². The normalized spacial score (nSPS) is 18.8. The summed E-state index contributed by atoms with van der Waals surface area (Å²) >= 11 is 1.91. The smallest absolute Gasteiger partial charge is 0.0445 e. The molecule has 1 fully saturated rings. The van der Waals surface area contributed by atoms with E-state index in [4.69, 9.17) is 0 Å². The van der Waals surface area contributed by atoms with Crippen LogP contribution in [0.15, 0.2) is 17.5 Å². The largest absolute Gasteiger partial charge is 0.306 e. The molecule has 0 radical (unpaired) electrons. The molecule has 1 saturated carbocycles. The lowest BCUT2D eigenvalue weighted by Crippen LogP contribution is -2.31. The third kappa shape index (κ3) is 4.40. The topological polar surface area (TPSA) is 12.0 Å². The van der Waals surface area contributed by atoms with Gasteiger partial charge in [-0.25, -0.2) is 0 Å². The second kappa shape index (κ2) is 7.30. The van der Waals surface area contributed by atoms with Gasteiger partial charge >= 0.3 is 0 Å². The Bertz CT molecular complexity index is 316. The molecule has 2 unspecified atom stereocenters. The van der Waals surface area contributed by atoms with Crippen molar-refractivity contribution in [3.8, 4) is 0 Å². The first-order chi connectivity index (χ1) is 8.81. The molecule has 0 aromatic carbocycles. The third-order valence-electron chi connectivity index (χ3n) is 3.90. The van der Waals surface area contributed by atoms with Crippen LogP contribution >= 0.6 is 11.3 Å². The van der Waals surface area contributed by atoms with Crippen molar-refractivity contribution >= 4 is 11.3 Å². The van der Waals surface area contributed by atoms with E-state index in [1.807, 2.05) is 11.3 Å². The van der Waals surface area contributed by atoms with Crippen molar-refractivity contribution in [3.63, 3.8) is 0 Å². The number of unbranched alkanes of at least 4 members (excludes halogenated alkanes) is 3. The maximum Gasteiger partial charge on any atom is 0.0445 e. The Kier molecular flexibility index (Phi) is 5.71. The zero-order valence-corrected chi connectivity index (χ0v) is 12.6. The molecule has 102 valence electrons. The average Bonchev–Trinajstić information content (AvgIpc) is 3.06. The van der Waals surface area contributed by atoms with Gasteiger partial charge in [0.15, 0.2) is 0 Å². The van der Waals surface area contributed by atoms with Crippen molar-refractivity contribution in [3.05, 3.63) is 22.4 Å². The van der Waals surface area contributed by atoms with Gasteiger partial charge in [0.05, 0.1) is 0 Å². The summed E-state index contributed by atoms with van der Waals surface area (Å²) in [5.74, 6) is 0.904. The first-order valence-corrected chi connectivity index (χ1v) is 8.48. The molecule has 2 atom stereocenters. The highest BCUT2D eigenvalue weighted by atomic mass is 32.1. The maximum absolute atomic E-state index is 3.87. The van der Waals surface area contributed by atoms with E-state index in [1.54, 1.807) is 0 Å². The molecule has 0 aliphatic heterocycles. The molecule has 1 N–H and O–H groups in total. The van der Waals surface area contributed by atoms with Crippen LogP contribution in [0.1, 0.15) is 69.7 Å². The summed E-state index contributed by atoms with van der Waals surface area (Å²) in [5.41, 5.74) is 0. The summed E-state index contributed by atoms with van der Waals surface area (Å²) in [4.78, 5) is 1.54. The summed E-state index contributed by atoms with van der Waals surface area (Å²) in [5, 5.41) is 6.08. The SMILES string of the molecule is CCCCCCC(C)NC(c1cccs1)C1CC1. The number of hydrogen-bond donors (Lipinski definition) is 1. The zero-order valence-electron chi connectivity index (χ0n) is 11.8. The fourth-order valence-electron chi connectivity index (χ4n) is 2.62. The Hall–Kier alpha value is -0.340. The van der Waals surface area contributed by atoms with Crippen molar-refractivity contribution in [2.45, 2.75) is 70.9 Å². The Morgan fingerprint density at radius 1 is 1.33 bits per heavy atom. The number of thiophene rings is 1. The number of nitrogens with one attached hydrogen (secondary N) is 1. The lowest BCUT2D eigenvalue weighted by Gasteiger charge is -2.22. The van der Waals surface area contributed by atoms with Crippen LogP contribution in [0.4, 0.5) is 0 Å². The van der Waals surface area contributed by atoms with Gasteiger partial charge in [-0.05, 0) is 43.6 Å². The van der Waals surface area contributed by atoms with Crippen LogP contribution in [-0.4, -0.2) is 6.04 Å². The van der Waals surface area contributed by atoms with Crippen LogP contribution < -0.4 is 5.32 Å². The molecule has 0 bridgehead atoms. The van der Waals surface area contributed by atoms with Crippen molar-refractivity contribution < 1.29 is 0 Å². The minimum atomic E-state index is 0.631. The fraction of sp³-hybridized carbons (Fsp3) is 0.750.